The summed E-state index contributed by atoms with van der Waals surface area (Å²) in [6, 6.07) is 16.2. The quantitative estimate of drug-likeness (QED) is 0.537. The number of carbonyl (C=O) groups excluding carboxylic acids is 2. The highest BCUT2D eigenvalue weighted by atomic mass is 19.4. The number of alkyl halides is 3. The van der Waals surface area contributed by atoms with E-state index in [2.05, 4.69) is 10.6 Å². The zero-order valence-electron chi connectivity index (χ0n) is 17.2. The summed E-state index contributed by atoms with van der Waals surface area (Å²) >= 11 is 0. The number of nitrogens with one attached hydrogen (secondary N) is 2. The Bertz CT molecular complexity index is 1170. The molecule has 0 bridgehead atoms. The Hall–Kier alpha value is -3.81. The number of urea groups is 1. The number of carbonyl (C=O) groups is 2. The predicted octanol–water partition coefficient (Wildman–Crippen LogP) is 5.86. The van der Waals surface area contributed by atoms with Crippen LogP contribution in [-0.4, -0.2) is 18.5 Å². The molecular formula is C24H20F3N3O2. The molecule has 3 aromatic carbocycles. The van der Waals surface area contributed by atoms with E-state index in [9.17, 15) is 22.8 Å². The van der Waals surface area contributed by atoms with Crippen molar-refractivity contribution in [3.05, 3.63) is 89.0 Å². The summed E-state index contributed by atoms with van der Waals surface area (Å²) in [6.07, 6.45) is -3.80. The van der Waals surface area contributed by atoms with Gasteiger partial charge in [-0.05, 0) is 61.4 Å². The smallest absolute Gasteiger partial charge is 0.308 e. The maximum Gasteiger partial charge on any atom is 0.416 e. The molecule has 1 aliphatic heterocycles. The normalized spacial score (nSPS) is 12.9. The average molecular weight is 439 g/mol. The molecule has 4 rings (SSSR count). The van der Waals surface area contributed by atoms with Crippen LogP contribution < -0.4 is 15.5 Å². The maximum absolute atomic E-state index is 12.9. The number of rotatable bonds is 3. The fourth-order valence-corrected chi connectivity index (χ4v) is 3.59. The van der Waals surface area contributed by atoms with E-state index >= 15 is 0 Å². The van der Waals surface area contributed by atoms with Gasteiger partial charge in [0, 0.05) is 29.2 Å². The van der Waals surface area contributed by atoms with Crippen LogP contribution in [-0.2, 0) is 12.6 Å². The molecule has 0 atom stereocenters. The zero-order chi connectivity index (χ0) is 22.9. The average Bonchev–Trinajstić information content (AvgIpc) is 3.16. The Morgan fingerprint density at radius 1 is 0.906 bits per heavy atom. The summed E-state index contributed by atoms with van der Waals surface area (Å²) in [7, 11) is 0. The van der Waals surface area contributed by atoms with Gasteiger partial charge < -0.3 is 15.5 Å². The van der Waals surface area contributed by atoms with Gasteiger partial charge in [0.2, 0.25) is 0 Å². The van der Waals surface area contributed by atoms with Crippen molar-refractivity contribution in [2.75, 3.05) is 22.1 Å². The second kappa shape index (κ2) is 8.37. The fraction of sp³-hybridized carbons (Fsp3) is 0.167. The van der Waals surface area contributed by atoms with Gasteiger partial charge in [-0.25, -0.2) is 4.79 Å². The van der Waals surface area contributed by atoms with Crippen LogP contribution in [0.2, 0.25) is 0 Å². The monoisotopic (exact) mass is 439 g/mol. The van der Waals surface area contributed by atoms with Crippen molar-refractivity contribution >= 4 is 29.0 Å². The van der Waals surface area contributed by atoms with E-state index < -0.39 is 17.8 Å². The van der Waals surface area contributed by atoms with E-state index in [4.69, 9.17) is 0 Å². The number of halogens is 3. The molecule has 0 unspecified atom stereocenters. The van der Waals surface area contributed by atoms with Gasteiger partial charge >= 0.3 is 12.2 Å². The Morgan fingerprint density at radius 3 is 2.28 bits per heavy atom. The number of aryl methyl sites for hydroxylation is 1. The third-order valence-corrected chi connectivity index (χ3v) is 5.23. The summed E-state index contributed by atoms with van der Waals surface area (Å²) < 4.78 is 38.6. The van der Waals surface area contributed by atoms with Gasteiger partial charge in [0.15, 0.2) is 0 Å². The maximum atomic E-state index is 12.9. The molecule has 3 amide bonds. The van der Waals surface area contributed by atoms with Crippen molar-refractivity contribution in [1.29, 1.82) is 0 Å². The molecule has 0 aliphatic carbocycles. The summed E-state index contributed by atoms with van der Waals surface area (Å²) in [5, 5.41) is 5.02. The van der Waals surface area contributed by atoms with Crippen LogP contribution in [0, 0.1) is 6.92 Å². The van der Waals surface area contributed by atoms with E-state index in [1.54, 1.807) is 29.2 Å². The summed E-state index contributed by atoms with van der Waals surface area (Å²) in [6.45, 7) is 2.48. The SMILES string of the molecule is Cc1ccc(C(=O)N2CCc3ccc(NC(=O)Nc4cccc(C(F)(F)F)c4)cc32)cc1. The third-order valence-electron chi connectivity index (χ3n) is 5.23. The Balaban J connectivity index is 1.48. The minimum atomic E-state index is -4.50. The van der Waals surface area contributed by atoms with Gasteiger partial charge in [-0.15, -0.1) is 0 Å². The van der Waals surface area contributed by atoms with Crippen LogP contribution in [0.3, 0.4) is 0 Å². The first kappa shape index (κ1) is 21.4. The van der Waals surface area contributed by atoms with E-state index in [0.717, 1.165) is 23.3 Å². The lowest BCUT2D eigenvalue weighted by Gasteiger charge is -2.18. The van der Waals surface area contributed by atoms with Crippen LogP contribution in [0.15, 0.2) is 66.7 Å². The summed E-state index contributed by atoms with van der Waals surface area (Å²) in [4.78, 5) is 26.9. The Morgan fingerprint density at radius 2 is 1.59 bits per heavy atom. The topological polar surface area (TPSA) is 61.4 Å². The lowest BCUT2D eigenvalue weighted by Crippen LogP contribution is -2.29. The Kier molecular flexibility index (Phi) is 5.61. The molecule has 5 nitrogen and oxygen atoms in total. The number of hydrogen-bond acceptors (Lipinski definition) is 2. The molecule has 8 heteroatoms. The van der Waals surface area contributed by atoms with Crippen LogP contribution in [0.1, 0.15) is 27.0 Å². The molecule has 0 spiro atoms. The summed E-state index contributed by atoms with van der Waals surface area (Å²) in [5.41, 5.74) is 2.91. The number of benzene rings is 3. The number of amides is 3. The van der Waals surface area contributed by atoms with Crippen LogP contribution >= 0.6 is 0 Å². The molecule has 164 valence electrons. The number of nitrogens with zero attached hydrogens (tertiary/aromatic N) is 1. The molecule has 1 aliphatic rings. The van der Waals surface area contributed by atoms with Crippen molar-refractivity contribution in [2.24, 2.45) is 0 Å². The highest BCUT2D eigenvalue weighted by Crippen LogP contribution is 2.33. The summed E-state index contributed by atoms with van der Waals surface area (Å²) in [5.74, 6) is -0.130. The molecule has 2 N–H and O–H groups in total. The first-order valence-electron chi connectivity index (χ1n) is 9.97. The molecule has 0 fully saturated rings. The van der Waals surface area contributed by atoms with Gasteiger partial charge in [0.1, 0.15) is 0 Å². The predicted molar refractivity (Wildman–Crippen MR) is 117 cm³/mol. The zero-order valence-corrected chi connectivity index (χ0v) is 17.2. The minimum Gasteiger partial charge on any atom is -0.308 e. The van der Waals surface area contributed by atoms with E-state index in [1.165, 1.54) is 12.1 Å². The van der Waals surface area contributed by atoms with E-state index in [1.807, 2.05) is 25.1 Å². The van der Waals surface area contributed by atoms with Crippen molar-refractivity contribution < 1.29 is 22.8 Å². The molecular weight excluding hydrogens is 419 g/mol. The highest BCUT2D eigenvalue weighted by Gasteiger charge is 2.30. The minimum absolute atomic E-state index is 0.0228. The number of anilines is 3. The van der Waals surface area contributed by atoms with E-state index in [0.29, 0.717) is 29.9 Å². The molecule has 0 saturated heterocycles. The third kappa shape index (κ3) is 4.59. The number of hydrogen-bond donors (Lipinski definition) is 2. The second-order valence-corrected chi connectivity index (χ2v) is 7.57. The first-order valence-corrected chi connectivity index (χ1v) is 9.97. The van der Waals surface area contributed by atoms with Crippen LogP contribution in [0.4, 0.5) is 35.0 Å². The largest absolute Gasteiger partial charge is 0.416 e. The van der Waals surface area contributed by atoms with Crippen LogP contribution in [0.25, 0.3) is 0 Å². The van der Waals surface area contributed by atoms with Gasteiger partial charge in [-0.2, -0.15) is 13.2 Å². The molecule has 0 radical (unpaired) electrons. The first-order chi connectivity index (χ1) is 15.2. The van der Waals surface area contributed by atoms with Crippen molar-refractivity contribution in [3.63, 3.8) is 0 Å². The lowest BCUT2D eigenvalue weighted by molar-refractivity contribution is -0.137. The van der Waals surface area contributed by atoms with Crippen molar-refractivity contribution in [2.45, 2.75) is 19.5 Å². The van der Waals surface area contributed by atoms with Gasteiger partial charge in [0.25, 0.3) is 5.91 Å². The van der Waals surface area contributed by atoms with Crippen LogP contribution in [0.5, 0.6) is 0 Å². The Labute approximate surface area is 182 Å². The fourth-order valence-electron chi connectivity index (χ4n) is 3.59. The molecule has 0 aromatic heterocycles. The van der Waals surface area contributed by atoms with Crippen molar-refractivity contribution in [3.8, 4) is 0 Å². The highest BCUT2D eigenvalue weighted by molar-refractivity contribution is 6.08. The number of fused-ring (bicyclic) bond motifs is 1. The van der Waals surface area contributed by atoms with E-state index in [-0.39, 0.29) is 11.6 Å². The molecule has 1 heterocycles. The lowest BCUT2D eigenvalue weighted by atomic mass is 10.1. The van der Waals surface area contributed by atoms with Crippen molar-refractivity contribution in [1.82, 2.24) is 0 Å². The molecule has 0 saturated carbocycles. The second-order valence-electron chi connectivity index (χ2n) is 7.57. The molecule has 3 aromatic rings. The van der Waals surface area contributed by atoms with Gasteiger partial charge in [0.05, 0.1) is 5.56 Å². The van der Waals surface area contributed by atoms with Gasteiger partial charge in [-0.3, -0.25) is 4.79 Å². The van der Waals surface area contributed by atoms with Gasteiger partial charge in [-0.1, -0.05) is 29.8 Å². The molecule has 32 heavy (non-hydrogen) atoms. The standard InChI is InChI=1S/C24H20F3N3O2/c1-15-5-7-17(8-6-15)22(31)30-12-11-16-9-10-20(14-21(16)30)29-23(32)28-19-4-2-3-18(13-19)24(25,26)27/h2-10,13-14H,11-12H2,1H3,(H2,28,29,32).